The van der Waals surface area contributed by atoms with Crippen molar-refractivity contribution < 1.29 is 13.6 Å². The lowest BCUT2D eigenvalue weighted by atomic mass is 9.84. The zero-order valence-electron chi connectivity index (χ0n) is 13.1. The maximum absolute atomic E-state index is 13.2. The molecule has 0 spiro atoms. The molecule has 2 aromatic rings. The van der Waals surface area contributed by atoms with Crippen LogP contribution in [0.2, 0.25) is 0 Å². The standard InChI is InChI=1S/C16H19F2N5O/c17-16(18)23-13-7-10(19)1-2-11(13)14(21-23)15(24)20-12-8-22-5-3-9(12)4-6-22/h1-2,7,9,12,16H,3-6,8,19H2,(H,20,24)/t12-/m1/s1. The molecule has 1 aromatic heterocycles. The van der Waals surface area contributed by atoms with Gasteiger partial charge < -0.3 is 16.0 Å². The van der Waals surface area contributed by atoms with Gasteiger partial charge in [-0.2, -0.15) is 13.9 Å². The third kappa shape index (κ3) is 2.50. The second kappa shape index (κ2) is 5.70. The predicted molar refractivity (Wildman–Crippen MR) is 85.8 cm³/mol. The second-order valence-corrected chi connectivity index (χ2v) is 6.57. The number of halogens is 2. The number of amides is 1. The number of benzene rings is 1. The summed E-state index contributed by atoms with van der Waals surface area (Å²) >= 11 is 0. The van der Waals surface area contributed by atoms with E-state index < -0.39 is 12.5 Å². The Bertz CT molecular complexity index is 782. The first kappa shape index (κ1) is 15.3. The summed E-state index contributed by atoms with van der Waals surface area (Å²) in [7, 11) is 0. The number of nitrogens with one attached hydrogen (secondary N) is 1. The van der Waals surface area contributed by atoms with E-state index in [1.807, 2.05) is 0 Å². The summed E-state index contributed by atoms with van der Waals surface area (Å²) in [6.45, 7) is 0.127. The van der Waals surface area contributed by atoms with Gasteiger partial charge in [0, 0.05) is 23.7 Å². The number of piperidine rings is 3. The first-order valence-electron chi connectivity index (χ1n) is 8.12. The number of carbonyl (C=O) groups excluding carboxylic acids is 1. The van der Waals surface area contributed by atoms with E-state index in [1.54, 1.807) is 12.1 Å². The summed E-state index contributed by atoms with van der Waals surface area (Å²) in [5, 5.41) is 7.23. The molecule has 1 amide bonds. The lowest BCUT2D eigenvalue weighted by Crippen LogP contribution is -2.57. The van der Waals surface area contributed by atoms with E-state index in [1.165, 1.54) is 6.07 Å². The van der Waals surface area contributed by atoms with E-state index in [2.05, 4.69) is 15.3 Å². The molecule has 0 unspecified atom stereocenters. The molecule has 0 saturated carbocycles. The fourth-order valence-corrected chi connectivity index (χ4v) is 3.84. The van der Waals surface area contributed by atoms with Crippen molar-refractivity contribution in [3.05, 3.63) is 23.9 Å². The maximum atomic E-state index is 13.2. The van der Waals surface area contributed by atoms with Crippen LogP contribution in [0.1, 0.15) is 29.9 Å². The van der Waals surface area contributed by atoms with Crippen LogP contribution in [-0.2, 0) is 0 Å². The van der Waals surface area contributed by atoms with Crippen molar-refractivity contribution in [3.63, 3.8) is 0 Å². The molecule has 2 bridgehead atoms. The largest absolute Gasteiger partial charge is 0.399 e. The molecule has 8 heteroatoms. The molecule has 3 aliphatic heterocycles. The molecule has 128 valence electrons. The van der Waals surface area contributed by atoms with Crippen LogP contribution in [-0.4, -0.2) is 46.3 Å². The summed E-state index contributed by atoms with van der Waals surface area (Å²) in [6.07, 6.45) is 2.13. The van der Waals surface area contributed by atoms with E-state index in [-0.39, 0.29) is 17.3 Å². The Balaban J connectivity index is 1.65. The van der Waals surface area contributed by atoms with Gasteiger partial charge >= 0.3 is 6.55 Å². The minimum atomic E-state index is -2.83. The predicted octanol–water partition coefficient (Wildman–Crippen LogP) is 1.84. The Morgan fingerprint density at radius 1 is 1.33 bits per heavy atom. The lowest BCUT2D eigenvalue weighted by Gasteiger charge is -2.44. The molecule has 3 N–H and O–H groups in total. The van der Waals surface area contributed by atoms with Crippen LogP contribution in [0.5, 0.6) is 0 Å². The Kier molecular flexibility index (Phi) is 3.64. The molecule has 5 rings (SSSR count). The fourth-order valence-electron chi connectivity index (χ4n) is 3.84. The van der Waals surface area contributed by atoms with Gasteiger partial charge in [0.15, 0.2) is 5.69 Å². The number of nitrogens with zero attached hydrogens (tertiary/aromatic N) is 3. The van der Waals surface area contributed by atoms with E-state index in [0.717, 1.165) is 32.5 Å². The number of anilines is 1. The highest BCUT2D eigenvalue weighted by Crippen LogP contribution is 2.29. The minimum absolute atomic E-state index is 0.0294. The number of hydrogen-bond donors (Lipinski definition) is 2. The minimum Gasteiger partial charge on any atom is -0.399 e. The molecular weight excluding hydrogens is 316 g/mol. The highest BCUT2D eigenvalue weighted by molar-refractivity contribution is 6.05. The summed E-state index contributed by atoms with van der Waals surface area (Å²) in [6, 6.07) is 4.63. The summed E-state index contributed by atoms with van der Waals surface area (Å²) in [5.74, 6) is 0.0564. The Morgan fingerprint density at radius 3 is 2.71 bits per heavy atom. The molecule has 3 fully saturated rings. The Morgan fingerprint density at radius 2 is 2.08 bits per heavy atom. The molecule has 6 nitrogen and oxygen atoms in total. The molecule has 0 aliphatic carbocycles. The van der Waals surface area contributed by atoms with E-state index in [4.69, 9.17) is 5.73 Å². The van der Waals surface area contributed by atoms with Crippen molar-refractivity contribution in [2.45, 2.75) is 25.4 Å². The maximum Gasteiger partial charge on any atom is 0.333 e. The van der Waals surface area contributed by atoms with Crippen molar-refractivity contribution in [1.29, 1.82) is 0 Å². The summed E-state index contributed by atoms with van der Waals surface area (Å²) < 4.78 is 27.0. The van der Waals surface area contributed by atoms with Crippen LogP contribution in [0.3, 0.4) is 0 Å². The SMILES string of the molecule is Nc1ccc2c(C(=O)N[C@@H]3CN4CCC3CC4)nn(C(F)F)c2c1. The molecular formula is C16H19F2N5O. The van der Waals surface area contributed by atoms with Crippen LogP contribution < -0.4 is 11.1 Å². The smallest absolute Gasteiger partial charge is 0.333 e. The van der Waals surface area contributed by atoms with Crippen LogP contribution >= 0.6 is 0 Å². The van der Waals surface area contributed by atoms with Crippen molar-refractivity contribution in [2.24, 2.45) is 5.92 Å². The number of nitrogen functional groups attached to an aromatic ring is 1. The summed E-state index contributed by atoms with van der Waals surface area (Å²) in [5.41, 5.74) is 6.23. The van der Waals surface area contributed by atoms with Crippen LogP contribution in [0.15, 0.2) is 18.2 Å². The first-order chi connectivity index (χ1) is 11.5. The van der Waals surface area contributed by atoms with Gasteiger partial charge in [-0.3, -0.25) is 4.79 Å². The van der Waals surface area contributed by atoms with Gasteiger partial charge in [-0.05, 0) is 50.0 Å². The van der Waals surface area contributed by atoms with E-state index in [0.29, 0.717) is 21.7 Å². The lowest BCUT2D eigenvalue weighted by molar-refractivity contribution is 0.0578. The third-order valence-electron chi connectivity index (χ3n) is 5.10. The van der Waals surface area contributed by atoms with Gasteiger partial charge in [-0.25, -0.2) is 4.68 Å². The van der Waals surface area contributed by atoms with Crippen molar-refractivity contribution in [1.82, 2.24) is 20.0 Å². The molecule has 4 heterocycles. The number of alkyl halides is 2. The van der Waals surface area contributed by atoms with E-state index >= 15 is 0 Å². The average Bonchev–Trinajstić information content (AvgIpc) is 2.95. The van der Waals surface area contributed by atoms with Gasteiger partial charge in [0.2, 0.25) is 0 Å². The number of fused-ring (bicyclic) bond motifs is 4. The van der Waals surface area contributed by atoms with Crippen LogP contribution in [0, 0.1) is 5.92 Å². The molecule has 3 aliphatic rings. The van der Waals surface area contributed by atoms with Gasteiger partial charge in [0.25, 0.3) is 5.91 Å². The zero-order valence-corrected chi connectivity index (χ0v) is 13.1. The highest BCUT2D eigenvalue weighted by atomic mass is 19.3. The monoisotopic (exact) mass is 335 g/mol. The van der Waals surface area contributed by atoms with Gasteiger partial charge in [-0.1, -0.05) is 0 Å². The molecule has 1 atom stereocenters. The highest BCUT2D eigenvalue weighted by Gasteiger charge is 2.35. The number of nitrogens with two attached hydrogens (primary N) is 1. The number of rotatable bonds is 3. The molecule has 24 heavy (non-hydrogen) atoms. The topological polar surface area (TPSA) is 76.2 Å². The summed E-state index contributed by atoms with van der Waals surface area (Å²) in [4.78, 5) is 15.0. The Labute approximate surface area is 137 Å². The zero-order chi connectivity index (χ0) is 16.8. The normalized spacial score (nSPS) is 26.2. The number of aromatic nitrogens is 2. The van der Waals surface area contributed by atoms with E-state index in [9.17, 15) is 13.6 Å². The third-order valence-corrected chi connectivity index (χ3v) is 5.10. The van der Waals surface area contributed by atoms with Crippen LogP contribution in [0.4, 0.5) is 14.5 Å². The molecule has 1 aromatic carbocycles. The first-order valence-corrected chi connectivity index (χ1v) is 8.12. The van der Waals surface area contributed by atoms with Crippen LogP contribution in [0.25, 0.3) is 10.9 Å². The van der Waals surface area contributed by atoms with Crippen molar-refractivity contribution >= 4 is 22.5 Å². The molecule has 0 radical (unpaired) electrons. The van der Waals surface area contributed by atoms with Gasteiger partial charge in [0.05, 0.1) is 5.52 Å². The number of hydrogen-bond acceptors (Lipinski definition) is 4. The van der Waals surface area contributed by atoms with Crippen molar-refractivity contribution in [3.8, 4) is 0 Å². The number of carbonyl (C=O) groups is 1. The van der Waals surface area contributed by atoms with Gasteiger partial charge in [0.1, 0.15) is 0 Å². The molecule has 3 saturated heterocycles. The second-order valence-electron chi connectivity index (χ2n) is 6.57. The van der Waals surface area contributed by atoms with Crippen molar-refractivity contribution in [2.75, 3.05) is 25.4 Å². The Hall–Kier alpha value is -2.22. The quantitative estimate of drug-likeness (QED) is 0.839. The average molecular weight is 335 g/mol. The fraction of sp³-hybridized carbons (Fsp3) is 0.500. The van der Waals surface area contributed by atoms with Gasteiger partial charge in [-0.15, -0.1) is 0 Å².